The maximum atomic E-state index is 13.1. The van der Waals surface area contributed by atoms with Crippen LogP contribution in [0.2, 0.25) is 0 Å². The second kappa shape index (κ2) is 6.29. The van der Waals surface area contributed by atoms with E-state index in [1.165, 1.54) is 37.7 Å². The molecular weight excluding hydrogens is 324 g/mol. The summed E-state index contributed by atoms with van der Waals surface area (Å²) in [5, 5.41) is 0. The Morgan fingerprint density at radius 2 is 2.04 bits per heavy atom. The van der Waals surface area contributed by atoms with Crippen molar-refractivity contribution in [1.29, 1.82) is 0 Å². The number of ether oxygens (including phenoxy) is 1. The third-order valence-corrected chi connectivity index (χ3v) is 7.22. The Labute approximate surface area is 154 Å². The molecule has 0 amide bonds. The van der Waals surface area contributed by atoms with Crippen molar-refractivity contribution in [1.82, 2.24) is 0 Å². The van der Waals surface area contributed by atoms with Crippen molar-refractivity contribution in [3.8, 4) is 0 Å². The first-order valence-electron chi connectivity index (χ1n) is 10.0. The SMILES string of the molecule is O=C(OCc1coc(Cc2ccccc2)c1)[C@@]12CCC[C@@H]1[C@H]1CC[C@@H]2C1. The topological polar surface area (TPSA) is 39.4 Å². The van der Waals surface area contributed by atoms with Crippen molar-refractivity contribution in [3.05, 3.63) is 59.5 Å². The molecule has 3 fully saturated rings. The van der Waals surface area contributed by atoms with Crippen LogP contribution in [0.1, 0.15) is 55.4 Å². The van der Waals surface area contributed by atoms with E-state index in [1.807, 2.05) is 24.3 Å². The third-order valence-electron chi connectivity index (χ3n) is 7.22. The van der Waals surface area contributed by atoms with Crippen LogP contribution < -0.4 is 0 Å². The fourth-order valence-corrected chi connectivity index (χ4v) is 6.17. The lowest BCUT2D eigenvalue weighted by molar-refractivity contribution is -0.163. The van der Waals surface area contributed by atoms with Crippen molar-refractivity contribution in [2.24, 2.45) is 23.2 Å². The van der Waals surface area contributed by atoms with E-state index in [4.69, 9.17) is 9.15 Å². The van der Waals surface area contributed by atoms with Gasteiger partial charge >= 0.3 is 5.97 Å². The van der Waals surface area contributed by atoms with Gasteiger partial charge in [-0.25, -0.2) is 0 Å². The van der Waals surface area contributed by atoms with Gasteiger partial charge in [-0.15, -0.1) is 0 Å². The van der Waals surface area contributed by atoms with Gasteiger partial charge in [0, 0.05) is 12.0 Å². The average Bonchev–Trinajstić information content (AvgIpc) is 3.42. The zero-order valence-corrected chi connectivity index (χ0v) is 15.2. The van der Waals surface area contributed by atoms with Gasteiger partial charge in [0.1, 0.15) is 12.4 Å². The van der Waals surface area contributed by atoms with E-state index >= 15 is 0 Å². The van der Waals surface area contributed by atoms with E-state index in [-0.39, 0.29) is 11.4 Å². The number of fused-ring (bicyclic) bond motifs is 5. The second-order valence-electron chi connectivity index (χ2n) is 8.47. The first-order chi connectivity index (χ1) is 12.8. The van der Waals surface area contributed by atoms with Crippen LogP contribution in [0.25, 0.3) is 0 Å². The molecule has 136 valence electrons. The van der Waals surface area contributed by atoms with E-state index in [9.17, 15) is 4.79 Å². The summed E-state index contributed by atoms with van der Waals surface area (Å²) in [7, 11) is 0. The van der Waals surface area contributed by atoms with Gasteiger partial charge in [-0.05, 0) is 61.5 Å². The fourth-order valence-electron chi connectivity index (χ4n) is 6.17. The monoisotopic (exact) mass is 350 g/mol. The molecule has 2 bridgehead atoms. The van der Waals surface area contributed by atoms with Crippen LogP contribution in [0.3, 0.4) is 0 Å². The summed E-state index contributed by atoms with van der Waals surface area (Å²) >= 11 is 0. The Kier molecular flexibility index (Phi) is 3.91. The molecule has 0 aliphatic heterocycles. The lowest BCUT2D eigenvalue weighted by atomic mass is 9.68. The minimum atomic E-state index is -0.153. The van der Waals surface area contributed by atoms with Crippen LogP contribution in [0.15, 0.2) is 47.1 Å². The molecule has 3 aliphatic rings. The molecule has 3 nitrogen and oxygen atoms in total. The zero-order chi connectivity index (χ0) is 17.6. The smallest absolute Gasteiger partial charge is 0.312 e. The largest absolute Gasteiger partial charge is 0.469 e. The molecule has 0 radical (unpaired) electrons. The summed E-state index contributed by atoms with van der Waals surface area (Å²) in [6, 6.07) is 12.3. The van der Waals surface area contributed by atoms with E-state index in [0.29, 0.717) is 18.4 Å². The number of furan rings is 1. The Morgan fingerprint density at radius 1 is 1.15 bits per heavy atom. The normalized spacial score (nSPS) is 31.9. The van der Waals surface area contributed by atoms with Crippen LogP contribution in [0.5, 0.6) is 0 Å². The van der Waals surface area contributed by atoms with Crippen molar-refractivity contribution in [2.45, 2.75) is 51.6 Å². The molecule has 1 aromatic carbocycles. The summed E-state index contributed by atoms with van der Waals surface area (Å²) in [4.78, 5) is 13.1. The molecule has 0 N–H and O–H groups in total. The maximum absolute atomic E-state index is 13.1. The minimum absolute atomic E-state index is 0.0676. The molecule has 0 unspecified atom stereocenters. The van der Waals surface area contributed by atoms with Crippen LogP contribution in [0, 0.1) is 23.2 Å². The van der Waals surface area contributed by atoms with Crippen LogP contribution in [0.4, 0.5) is 0 Å². The van der Waals surface area contributed by atoms with Crippen molar-refractivity contribution in [2.75, 3.05) is 0 Å². The molecule has 4 atom stereocenters. The highest BCUT2D eigenvalue weighted by Crippen LogP contribution is 2.66. The van der Waals surface area contributed by atoms with Crippen LogP contribution >= 0.6 is 0 Å². The van der Waals surface area contributed by atoms with Crippen molar-refractivity contribution >= 4 is 5.97 Å². The predicted octanol–water partition coefficient (Wildman–Crippen LogP) is 5.13. The molecule has 0 saturated heterocycles. The highest BCUT2D eigenvalue weighted by molar-refractivity contribution is 5.79. The predicted molar refractivity (Wildman–Crippen MR) is 98.4 cm³/mol. The summed E-state index contributed by atoms with van der Waals surface area (Å²) in [5.41, 5.74) is 2.03. The quantitative estimate of drug-likeness (QED) is 0.702. The molecule has 1 aromatic heterocycles. The number of benzene rings is 1. The summed E-state index contributed by atoms with van der Waals surface area (Å²) in [5.74, 6) is 2.93. The number of carbonyl (C=O) groups is 1. The number of hydrogen-bond acceptors (Lipinski definition) is 3. The highest BCUT2D eigenvalue weighted by Gasteiger charge is 2.64. The summed E-state index contributed by atoms with van der Waals surface area (Å²) in [6.07, 6.45) is 9.77. The fraction of sp³-hybridized carbons (Fsp3) is 0.522. The van der Waals surface area contributed by atoms with Gasteiger partial charge in [0.2, 0.25) is 0 Å². The highest BCUT2D eigenvalue weighted by atomic mass is 16.5. The van der Waals surface area contributed by atoms with Crippen LogP contribution in [-0.4, -0.2) is 5.97 Å². The summed E-state index contributed by atoms with van der Waals surface area (Å²) < 4.78 is 11.5. The first kappa shape index (κ1) is 16.2. The molecule has 3 aliphatic carbocycles. The molecular formula is C23H26O3. The van der Waals surface area contributed by atoms with Gasteiger partial charge in [0.05, 0.1) is 11.7 Å². The lowest BCUT2D eigenvalue weighted by Gasteiger charge is -2.36. The van der Waals surface area contributed by atoms with Gasteiger partial charge < -0.3 is 9.15 Å². The summed E-state index contributed by atoms with van der Waals surface area (Å²) in [6.45, 7) is 0.336. The van der Waals surface area contributed by atoms with E-state index in [2.05, 4.69) is 12.1 Å². The van der Waals surface area contributed by atoms with Gasteiger partial charge in [0.25, 0.3) is 0 Å². The van der Waals surface area contributed by atoms with Crippen molar-refractivity contribution in [3.63, 3.8) is 0 Å². The van der Waals surface area contributed by atoms with E-state index in [1.54, 1.807) is 6.26 Å². The van der Waals surface area contributed by atoms with Gasteiger partial charge in [-0.3, -0.25) is 4.79 Å². The molecule has 0 spiro atoms. The molecule has 5 rings (SSSR count). The molecule has 3 heteroatoms. The molecule has 2 aromatic rings. The number of esters is 1. The minimum Gasteiger partial charge on any atom is -0.469 e. The molecule has 26 heavy (non-hydrogen) atoms. The van der Waals surface area contributed by atoms with E-state index < -0.39 is 0 Å². The Bertz CT molecular complexity index is 793. The molecule has 1 heterocycles. The standard InChI is InChI=1S/C23H26O3/c24-22(23-10-4-7-21(23)18-8-9-19(23)13-18)26-15-17-12-20(25-14-17)11-16-5-2-1-3-6-16/h1-3,5-6,12,14,18-19,21H,4,7-11,13,15H2/t18-,19+,21+,23+/m0/s1. The number of hydrogen-bond donors (Lipinski definition) is 0. The van der Waals surface area contributed by atoms with Gasteiger partial charge in [-0.1, -0.05) is 36.8 Å². The van der Waals surface area contributed by atoms with E-state index in [0.717, 1.165) is 30.1 Å². The zero-order valence-electron chi connectivity index (χ0n) is 15.2. The second-order valence-corrected chi connectivity index (χ2v) is 8.47. The third kappa shape index (κ3) is 2.52. The maximum Gasteiger partial charge on any atom is 0.312 e. The number of carbonyl (C=O) groups excluding carboxylic acids is 1. The first-order valence-corrected chi connectivity index (χ1v) is 10.0. The van der Waals surface area contributed by atoms with Gasteiger partial charge in [-0.2, -0.15) is 0 Å². The average molecular weight is 350 g/mol. The van der Waals surface area contributed by atoms with Crippen molar-refractivity contribution < 1.29 is 13.9 Å². The molecule has 3 saturated carbocycles. The Morgan fingerprint density at radius 3 is 2.92 bits per heavy atom. The Hall–Kier alpha value is -2.03. The van der Waals surface area contributed by atoms with Crippen LogP contribution in [-0.2, 0) is 22.6 Å². The number of rotatable bonds is 5. The van der Waals surface area contributed by atoms with Gasteiger partial charge in [0.15, 0.2) is 0 Å². The Balaban J connectivity index is 1.24. The lowest BCUT2D eigenvalue weighted by Crippen LogP contribution is -2.41.